The average Bonchev–Trinajstić information content (AvgIpc) is 3.00. The molecular weight excluding hydrogens is 386 g/mol. The van der Waals surface area contributed by atoms with Crippen molar-refractivity contribution in [2.75, 3.05) is 6.16 Å². The summed E-state index contributed by atoms with van der Waals surface area (Å²) < 4.78 is 0. The zero-order valence-corrected chi connectivity index (χ0v) is 20.9. The summed E-state index contributed by atoms with van der Waals surface area (Å²) in [6.45, 7) is 17.0. The average molecular weight is 423 g/mol. The van der Waals surface area contributed by atoms with Crippen LogP contribution in [0.1, 0.15) is 48.5 Å². The van der Waals surface area contributed by atoms with Gasteiger partial charge in [-0.05, 0) is 47.2 Å². The zero-order chi connectivity index (χ0) is 21.2. The fourth-order valence-corrected chi connectivity index (χ4v) is 11.3. The molecule has 2 heteroatoms. The first kappa shape index (κ1) is 22.5. The SMILES string of the molecule is CC1=CC=C(P(c2ccccc2)c2ccccc2)C1CP(C(C)(C)C)C(C)(C)C. The maximum Gasteiger partial charge on any atom is 0.00988 e. The van der Waals surface area contributed by atoms with E-state index in [2.05, 4.69) is 121 Å². The van der Waals surface area contributed by atoms with Crippen LogP contribution in [0.4, 0.5) is 0 Å². The van der Waals surface area contributed by atoms with Crippen molar-refractivity contribution < 1.29 is 0 Å². The number of allylic oxidation sites excluding steroid dienone is 4. The van der Waals surface area contributed by atoms with E-state index in [4.69, 9.17) is 0 Å². The minimum Gasteiger partial charge on any atom is -0.0947 e. The second kappa shape index (κ2) is 8.88. The Morgan fingerprint density at radius 3 is 1.55 bits per heavy atom. The second-order valence-electron chi connectivity index (χ2n) is 10.0. The quantitative estimate of drug-likeness (QED) is 0.434. The van der Waals surface area contributed by atoms with Crippen molar-refractivity contribution in [3.63, 3.8) is 0 Å². The molecule has 0 fully saturated rings. The molecule has 0 nitrogen and oxygen atoms in total. The molecule has 29 heavy (non-hydrogen) atoms. The highest BCUT2D eigenvalue weighted by Gasteiger charge is 2.39. The second-order valence-corrected chi connectivity index (χ2v) is 16.1. The number of hydrogen-bond acceptors (Lipinski definition) is 0. The smallest absolute Gasteiger partial charge is 0.00988 e. The molecule has 3 rings (SSSR count). The molecule has 1 unspecified atom stereocenters. The fraction of sp³-hybridized carbons (Fsp3) is 0.407. The molecule has 0 N–H and O–H groups in total. The lowest BCUT2D eigenvalue weighted by Crippen LogP contribution is -2.29. The van der Waals surface area contributed by atoms with Gasteiger partial charge in [-0.25, -0.2) is 0 Å². The van der Waals surface area contributed by atoms with Crippen molar-refractivity contribution in [3.05, 3.63) is 83.7 Å². The molecule has 154 valence electrons. The lowest BCUT2D eigenvalue weighted by atomic mass is 10.1. The van der Waals surface area contributed by atoms with E-state index < -0.39 is 7.92 Å². The summed E-state index contributed by atoms with van der Waals surface area (Å²) in [5.41, 5.74) is 1.54. The van der Waals surface area contributed by atoms with E-state index in [1.54, 1.807) is 10.9 Å². The summed E-state index contributed by atoms with van der Waals surface area (Å²) in [6.07, 6.45) is 6.12. The van der Waals surface area contributed by atoms with Gasteiger partial charge < -0.3 is 0 Å². The van der Waals surface area contributed by atoms with Gasteiger partial charge in [0.1, 0.15) is 0 Å². The van der Waals surface area contributed by atoms with Gasteiger partial charge in [0.25, 0.3) is 0 Å². The van der Waals surface area contributed by atoms with Crippen molar-refractivity contribution in [3.8, 4) is 0 Å². The van der Waals surface area contributed by atoms with Crippen LogP contribution >= 0.6 is 15.8 Å². The third-order valence-electron chi connectivity index (χ3n) is 5.70. The molecule has 0 spiro atoms. The Kier molecular flexibility index (Phi) is 6.88. The summed E-state index contributed by atoms with van der Waals surface area (Å²) in [5, 5.41) is 5.26. The van der Waals surface area contributed by atoms with Crippen molar-refractivity contribution in [1.29, 1.82) is 0 Å². The van der Waals surface area contributed by atoms with Crippen LogP contribution in [-0.2, 0) is 0 Å². The van der Waals surface area contributed by atoms with Crippen LogP contribution in [0.3, 0.4) is 0 Å². The molecule has 1 atom stereocenters. The summed E-state index contributed by atoms with van der Waals surface area (Å²) in [4.78, 5) is 0. The number of benzene rings is 2. The first-order chi connectivity index (χ1) is 13.6. The van der Waals surface area contributed by atoms with Gasteiger partial charge in [-0.15, -0.1) is 0 Å². The highest BCUT2D eigenvalue weighted by atomic mass is 31.1. The first-order valence-electron chi connectivity index (χ1n) is 10.7. The molecule has 0 aliphatic heterocycles. The topological polar surface area (TPSA) is 0 Å². The van der Waals surface area contributed by atoms with Crippen LogP contribution in [0.25, 0.3) is 0 Å². The number of hydrogen-bond donors (Lipinski definition) is 0. The molecule has 2 aromatic rings. The Hall–Kier alpha value is -1.22. The van der Waals surface area contributed by atoms with Crippen LogP contribution in [0.5, 0.6) is 0 Å². The third-order valence-corrected chi connectivity index (χ3v) is 12.3. The largest absolute Gasteiger partial charge is 0.0947 e. The van der Waals surface area contributed by atoms with Gasteiger partial charge >= 0.3 is 0 Å². The third kappa shape index (κ3) is 5.29. The van der Waals surface area contributed by atoms with Crippen LogP contribution < -0.4 is 10.6 Å². The molecule has 0 radical (unpaired) electrons. The maximum absolute atomic E-state index is 2.45. The Balaban J connectivity index is 2.02. The van der Waals surface area contributed by atoms with Gasteiger partial charge in [0.2, 0.25) is 0 Å². The van der Waals surface area contributed by atoms with E-state index in [0.29, 0.717) is 16.2 Å². The molecule has 0 saturated heterocycles. The molecule has 0 aromatic heterocycles. The van der Waals surface area contributed by atoms with Gasteiger partial charge in [-0.3, -0.25) is 0 Å². The maximum atomic E-state index is 2.45. The highest BCUT2D eigenvalue weighted by molar-refractivity contribution is 7.76. The van der Waals surface area contributed by atoms with Crippen LogP contribution in [0.15, 0.2) is 83.7 Å². The van der Waals surface area contributed by atoms with E-state index in [1.165, 1.54) is 16.8 Å². The molecule has 0 heterocycles. The van der Waals surface area contributed by atoms with Crippen LogP contribution in [0.2, 0.25) is 0 Å². The van der Waals surface area contributed by atoms with Crippen LogP contribution in [0, 0.1) is 5.92 Å². The summed E-state index contributed by atoms with van der Waals surface area (Å²) >= 11 is 0. The lowest BCUT2D eigenvalue weighted by Gasteiger charge is -2.44. The Labute approximate surface area is 181 Å². The predicted molar refractivity (Wildman–Crippen MR) is 136 cm³/mol. The lowest BCUT2D eigenvalue weighted by molar-refractivity contribution is 0.691. The van der Waals surface area contributed by atoms with Crippen molar-refractivity contribution in [2.45, 2.75) is 58.8 Å². The van der Waals surface area contributed by atoms with Crippen molar-refractivity contribution in [1.82, 2.24) is 0 Å². The molecule has 1 aliphatic carbocycles. The number of rotatable bonds is 5. The summed E-state index contributed by atoms with van der Waals surface area (Å²) in [6, 6.07) is 22.3. The van der Waals surface area contributed by atoms with E-state index in [1.807, 2.05) is 0 Å². The molecule has 1 aliphatic rings. The van der Waals surface area contributed by atoms with E-state index in [0.717, 1.165) is 0 Å². The Morgan fingerprint density at radius 2 is 1.14 bits per heavy atom. The van der Waals surface area contributed by atoms with E-state index in [9.17, 15) is 0 Å². The predicted octanol–water partition coefficient (Wildman–Crippen LogP) is 7.66. The van der Waals surface area contributed by atoms with E-state index in [-0.39, 0.29) is 7.92 Å². The van der Waals surface area contributed by atoms with E-state index >= 15 is 0 Å². The normalized spacial score (nSPS) is 17.6. The molecular formula is C27H36P2. The van der Waals surface area contributed by atoms with Crippen molar-refractivity contribution >= 4 is 26.5 Å². The monoisotopic (exact) mass is 422 g/mol. The molecule has 0 saturated carbocycles. The van der Waals surface area contributed by atoms with Gasteiger partial charge in [-0.1, -0.05) is 128 Å². The van der Waals surface area contributed by atoms with Gasteiger partial charge in [0.05, 0.1) is 0 Å². The van der Waals surface area contributed by atoms with Crippen molar-refractivity contribution in [2.24, 2.45) is 5.92 Å². The minimum absolute atomic E-state index is 0.141. The minimum atomic E-state index is -0.501. The molecule has 0 amide bonds. The Bertz CT molecular complexity index is 811. The van der Waals surface area contributed by atoms with Gasteiger partial charge in [0, 0.05) is 5.92 Å². The highest BCUT2D eigenvalue weighted by Crippen LogP contribution is 2.63. The molecule has 2 aromatic carbocycles. The fourth-order valence-electron chi connectivity index (χ4n) is 4.49. The zero-order valence-electron chi connectivity index (χ0n) is 19.1. The molecule has 0 bridgehead atoms. The summed E-state index contributed by atoms with van der Waals surface area (Å²) in [7, 11) is -0.642. The van der Waals surface area contributed by atoms with Gasteiger partial charge in [-0.2, -0.15) is 0 Å². The standard InChI is InChI=1S/C27H36P2/c1-21-18-19-25(24(21)20-28(26(2,3)4)27(5,6)7)29(22-14-10-8-11-15-22)23-16-12-9-13-17-23/h8-19,24H,20H2,1-7H3. The first-order valence-corrected chi connectivity index (χ1v) is 13.5. The Morgan fingerprint density at radius 1 is 0.690 bits per heavy atom. The van der Waals surface area contributed by atoms with Gasteiger partial charge in [0.15, 0.2) is 0 Å². The van der Waals surface area contributed by atoms with Crippen LogP contribution in [-0.4, -0.2) is 16.5 Å². The summed E-state index contributed by atoms with van der Waals surface area (Å²) in [5.74, 6) is 0.561.